The normalized spacial score (nSPS) is 23.4. The molecule has 1 aliphatic heterocycles. The Morgan fingerprint density at radius 1 is 1.41 bits per heavy atom. The Hall–Kier alpha value is -1.11. The molecule has 0 spiro atoms. The Labute approximate surface area is 101 Å². The molecule has 17 heavy (non-hydrogen) atoms. The highest BCUT2D eigenvalue weighted by atomic mass is 32.2. The summed E-state index contributed by atoms with van der Waals surface area (Å²) in [4.78, 5) is 23.8. The lowest BCUT2D eigenvalue weighted by molar-refractivity contribution is -0.140. The summed E-state index contributed by atoms with van der Waals surface area (Å²) in [5, 5.41) is 8.73. The second kappa shape index (κ2) is 5.48. The van der Waals surface area contributed by atoms with Gasteiger partial charge in [-0.15, -0.1) is 0 Å². The topological polar surface area (TPSA) is 91.8 Å². The molecule has 0 saturated carbocycles. The second-order valence-corrected chi connectivity index (χ2v) is 6.43. The summed E-state index contributed by atoms with van der Waals surface area (Å²) in [6, 6.07) is -0.717. The summed E-state index contributed by atoms with van der Waals surface area (Å²) >= 11 is 0. The fraction of sp³-hybridized carbons (Fsp3) is 0.800. The van der Waals surface area contributed by atoms with Gasteiger partial charge in [0.05, 0.1) is 24.0 Å². The third-order valence-electron chi connectivity index (χ3n) is 2.72. The van der Waals surface area contributed by atoms with E-state index in [0.29, 0.717) is 12.8 Å². The predicted octanol–water partition coefficient (Wildman–Crippen LogP) is -0.113. The molecule has 0 aromatic heterocycles. The van der Waals surface area contributed by atoms with Gasteiger partial charge in [0, 0.05) is 13.0 Å². The monoisotopic (exact) mass is 263 g/mol. The molecule has 0 bridgehead atoms. The van der Waals surface area contributed by atoms with Gasteiger partial charge in [0.25, 0.3) is 0 Å². The van der Waals surface area contributed by atoms with Crippen LogP contribution < -0.4 is 0 Å². The first-order valence-corrected chi connectivity index (χ1v) is 7.39. The van der Waals surface area contributed by atoms with Gasteiger partial charge >= 0.3 is 5.97 Å². The Balaban J connectivity index is 2.80. The minimum atomic E-state index is -3.22. The zero-order chi connectivity index (χ0) is 13.1. The molecule has 6 nitrogen and oxygen atoms in total. The molecule has 7 heteroatoms. The van der Waals surface area contributed by atoms with E-state index < -0.39 is 21.8 Å². The van der Waals surface area contributed by atoms with Gasteiger partial charge in [-0.1, -0.05) is 6.92 Å². The highest BCUT2D eigenvalue weighted by Gasteiger charge is 2.34. The standard InChI is InChI=1S/C10H17NO5S/c1-2-3-9(12)11-4-5-17(15,16)7-8(11)6-10(13)14/h8H,2-7H2,1H3,(H,13,14). The molecule has 1 fully saturated rings. The van der Waals surface area contributed by atoms with Crippen LogP contribution in [0.2, 0.25) is 0 Å². The minimum absolute atomic E-state index is 0.0709. The molecule has 1 N–H and O–H groups in total. The Morgan fingerprint density at radius 3 is 2.59 bits per heavy atom. The highest BCUT2D eigenvalue weighted by Crippen LogP contribution is 2.16. The maximum atomic E-state index is 11.7. The average molecular weight is 263 g/mol. The number of amides is 1. The largest absolute Gasteiger partial charge is 0.481 e. The number of carboxylic acid groups (broad SMARTS) is 1. The van der Waals surface area contributed by atoms with E-state index in [4.69, 9.17) is 5.11 Å². The van der Waals surface area contributed by atoms with Crippen LogP contribution in [0.4, 0.5) is 0 Å². The third-order valence-corrected chi connectivity index (χ3v) is 4.42. The van der Waals surface area contributed by atoms with Gasteiger partial charge in [-0.05, 0) is 6.42 Å². The van der Waals surface area contributed by atoms with Gasteiger partial charge in [-0.25, -0.2) is 8.42 Å². The molecule has 98 valence electrons. The number of carbonyl (C=O) groups excluding carboxylic acids is 1. The van der Waals surface area contributed by atoms with Gasteiger partial charge in [0.2, 0.25) is 5.91 Å². The van der Waals surface area contributed by atoms with E-state index in [0.717, 1.165) is 0 Å². The SMILES string of the molecule is CCCC(=O)N1CCS(=O)(=O)CC1CC(=O)O. The number of sulfone groups is 1. The van der Waals surface area contributed by atoms with E-state index in [1.807, 2.05) is 6.92 Å². The summed E-state index contributed by atoms with van der Waals surface area (Å²) < 4.78 is 22.9. The van der Waals surface area contributed by atoms with Gasteiger partial charge in [-0.2, -0.15) is 0 Å². The maximum Gasteiger partial charge on any atom is 0.305 e. The van der Waals surface area contributed by atoms with Crippen LogP contribution in [0.3, 0.4) is 0 Å². The summed E-state index contributed by atoms with van der Waals surface area (Å²) in [6.45, 7) is 1.96. The van der Waals surface area contributed by atoms with Gasteiger partial charge in [0.1, 0.15) is 0 Å². The predicted molar refractivity (Wildman–Crippen MR) is 61.3 cm³/mol. The smallest absolute Gasteiger partial charge is 0.305 e. The van der Waals surface area contributed by atoms with Gasteiger partial charge < -0.3 is 10.0 Å². The van der Waals surface area contributed by atoms with Crippen LogP contribution in [0.15, 0.2) is 0 Å². The van der Waals surface area contributed by atoms with Crippen LogP contribution in [0.5, 0.6) is 0 Å². The lowest BCUT2D eigenvalue weighted by atomic mass is 10.1. The van der Waals surface area contributed by atoms with Crippen molar-refractivity contribution < 1.29 is 23.1 Å². The molecule has 0 aromatic carbocycles. The van der Waals surface area contributed by atoms with Crippen molar-refractivity contribution in [1.29, 1.82) is 0 Å². The van der Waals surface area contributed by atoms with Crippen molar-refractivity contribution in [2.75, 3.05) is 18.1 Å². The quantitative estimate of drug-likeness (QED) is 0.764. The van der Waals surface area contributed by atoms with Crippen molar-refractivity contribution >= 4 is 21.7 Å². The maximum absolute atomic E-state index is 11.7. The minimum Gasteiger partial charge on any atom is -0.481 e. The number of aliphatic carboxylic acids is 1. The summed E-state index contributed by atoms with van der Waals surface area (Å²) in [7, 11) is -3.22. The molecule has 0 aromatic rings. The fourth-order valence-electron chi connectivity index (χ4n) is 1.94. The van der Waals surface area contributed by atoms with Crippen LogP contribution in [-0.2, 0) is 19.4 Å². The molecule has 0 radical (unpaired) electrons. The zero-order valence-corrected chi connectivity index (χ0v) is 10.6. The number of hydrogen-bond acceptors (Lipinski definition) is 4. The highest BCUT2D eigenvalue weighted by molar-refractivity contribution is 7.91. The molecular weight excluding hydrogens is 246 g/mol. The number of hydrogen-bond donors (Lipinski definition) is 1. The first kappa shape index (κ1) is 14.0. The number of nitrogens with zero attached hydrogens (tertiary/aromatic N) is 1. The van der Waals surface area contributed by atoms with Gasteiger partial charge in [-0.3, -0.25) is 9.59 Å². The van der Waals surface area contributed by atoms with E-state index in [9.17, 15) is 18.0 Å². The molecule has 1 heterocycles. The summed E-state index contributed by atoms with van der Waals surface area (Å²) in [5.41, 5.74) is 0. The second-order valence-electron chi connectivity index (χ2n) is 4.20. The number of rotatable bonds is 4. The van der Waals surface area contributed by atoms with Crippen LogP contribution in [0.1, 0.15) is 26.2 Å². The van der Waals surface area contributed by atoms with Crippen molar-refractivity contribution in [3.63, 3.8) is 0 Å². The van der Waals surface area contributed by atoms with Crippen molar-refractivity contribution in [1.82, 2.24) is 4.90 Å². The van der Waals surface area contributed by atoms with Gasteiger partial charge in [0.15, 0.2) is 9.84 Å². The molecule has 1 rings (SSSR count). The first-order chi connectivity index (χ1) is 7.85. The molecular formula is C10H17NO5S. The third kappa shape index (κ3) is 3.99. The average Bonchev–Trinajstić information content (AvgIpc) is 2.15. The van der Waals surface area contributed by atoms with E-state index in [1.165, 1.54) is 4.90 Å². The van der Waals surface area contributed by atoms with Crippen molar-refractivity contribution in [3.8, 4) is 0 Å². The summed E-state index contributed by atoms with van der Waals surface area (Å²) in [6.07, 6.45) is 0.687. The number of carbonyl (C=O) groups is 2. The first-order valence-electron chi connectivity index (χ1n) is 5.57. The van der Waals surface area contributed by atoms with Crippen molar-refractivity contribution in [2.45, 2.75) is 32.2 Å². The van der Waals surface area contributed by atoms with Crippen LogP contribution in [-0.4, -0.2) is 54.4 Å². The van der Waals surface area contributed by atoms with E-state index >= 15 is 0 Å². The van der Waals surface area contributed by atoms with E-state index in [2.05, 4.69) is 0 Å². The summed E-state index contributed by atoms with van der Waals surface area (Å²) in [5.74, 6) is -1.55. The molecule has 0 aliphatic carbocycles. The van der Waals surface area contributed by atoms with Crippen LogP contribution >= 0.6 is 0 Å². The van der Waals surface area contributed by atoms with E-state index in [1.54, 1.807) is 0 Å². The molecule has 1 unspecified atom stereocenters. The molecule has 1 atom stereocenters. The van der Waals surface area contributed by atoms with E-state index in [-0.39, 0.29) is 30.4 Å². The van der Waals surface area contributed by atoms with Crippen LogP contribution in [0.25, 0.3) is 0 Å². The zero-order valence-electron chi connectivity index (χ0n) is 9.76. The fourth-order valence-corrected chi connectivity index (χ4v) is 3.47. The Morgan fingerprint density at radius 2 is 2.06 bits per heavy atom. The van der Waals surface area contributed by atoms with Crippen molar-refractivity contribution in [2.24, 2.45) is 0 Å². The Kier molecular flexibility index (Phi) is 4.50. The molecule has 1 amide bonds. The number of carboxylic acids is 1. The van der Waals surface area contributed by atoms with Crippen LogP contribution in [0, 0.1) is 0 Å². The molecule has 1 saturated heterocycles. The lowest BCUT2D eigenvalue weighted by Crippen LogP contribution is -2.51. The molecule has 1 aliphatic rings. The Bertz CT molecular complexity index is 403. The lowest BCUT2D eigenvalue weighted by Gasteiger charge is -2.34. The van der Waals surface area contributed by atoms with Crippen molar-refractivity contribution in [3.05, 3.63) is 0 Å².